The number of amides is 1. The summed E-state index contributed by atoms with van der Waals surface area (Å²) in [4.78, 5) is 17.1. The van der Waals surface area contributed by atoms with Crippen LogP contribution in [0.3, 0.4) is 0 Å². The monoisotopic (exact) mass is 290 g/mol. The van der Waals surface area contributed by atoms with Gasteiger partial charge in [-0.2, -0.15) is 5.26 Å². The van der Waals surface area contributed by atoms with Crippen LogP contribution in [0.2, 0.25) is 0 Å². The Morgan fingerprint density at radius 2 is 2.00 bits per heavy atom. The Hall–Kier alpha value is -3.13. The molecule has 3 rings (SSSR count). The first-order valence-electron chi connectivity index (χ1n) is 6.86. The Balaban J connectivity index is 2.05. The van der Waals surface area contributed by atoms with E-state index in [4.69, 9.17) is 5.26 Å². The molecule has 0 saturated heterocycles. The molecule has 108 valence electrons. The lowest BCUT2D eigenvalue weighted by Crippen LogP contribution is -2.16. The standard InChI is InChI=1S/C17H14N4O/c1-11-6-5-9-21-15(12(2)19-16(11)21)17(22)20-14-8-4-3-7-13(14)10-18/h3-9H,1-2H3,(H,20,22). The zero-order chi connectivity index (χ0) is 15.7. The molecule has 0 aliphatic heterocycles. The summed E-state index contributed by atoms with van der Waals surface area (Å²) in [5, 5.41) is 11.9. The molecule has 22 heavy (non-hydrogen) atoms. The van der Waals surface area contributed by atoms with Gasteiger partial charge in [0.05, 0.1) is 16.9 Å². The van der Waals surface area contributed by atoms with Crippen LogP contribution in [-0.2, 0) is 0 Å². The smallest absolute Gasteiger partial charge is 0.274 e. The maximum atomic E-state index is 12.6. The van der Waals surface area contributed by atoms with Crippen molar-refractivity contribution in [2.45, 2.75) is 13.8 Å². The maximum absolute atomic E-state index is 12.6. The van der Waals surface area contributed by atoms with Crippen LogP contribution >= 0.6 is 0 Å². The van der Waals surface area contributed by atoms with Crippen molar-refractivity contribution in [3.63, 3.8) is 0 Å². The number of nitrogens with one attached hydrogen (secondary N) is 1. The van der Waals surface area contributed by atoms with Crippen LogP contribution in [0.15, 0.2) is 42.6 Å². The minimum absolute atomic E-state index is 0.279. The molecule has 0 unspecified atom stereocenters. The fraction of sp³-hybridized carbons (Fsp3) is 0.118. The van der Waals surface area contributed by atoms with Gasteiger partial charge in [0.15, 0.2) is 0 Å². The molecule has 0 saturated carbocycles. The molecule has 0 spiro atoms. The summed E-state index contributed by atoms with van der Waals surface area (Å²) in [5.41, 5.74) is 3.82. The number of pyridine rings is 1. The number of anilines is 1. The second-order valence-electron chi connectivity index (χ2n) is 5.04. The summed E-state index contributed by atoms with van der Waals surface area (Å²) in [6.07, 6.45) is 1.81. The zero-order valence-corrected chi connectivity index (χ0v) is 12.3. The van der Waals surface area contributed by atoms with Gasteiger partial charge in [-0.1, -0.05) is 18.2 Å². The minimum Gasteiger partial charge on any atom is -0.319 e. The lowest BCUT2D eigenvalue weighted by molar-refractivity contribution is 0.102. The van der Waals surface area contributed by atoms with Crippen molar-refractivity contribution in [2.24, 2.45) is 0 Å². The van der Waals surface area contributed by atoms with E-state index in [9.17, 15) is 4.79 Å². The molecule has 5 heteroatoms. The summed E-state index contributed by atoms with van der Waals surface area (Å²) in [5.74, 6) is -0.279. The SMILES string of the molecule is Cc1nc2c(C)cccn2c1C(=O)Nc1ccccc1C#N. The maximum Gasteiger partial charge on any atom is 0.274 e. The van der Waals surface area contributed by atoms with Gasteiger partial charge in [0.25, 0.3) is 5.91 Å². The fourth-order valence-corrected chi connectivity index (χ4v) is 2.46. The summed E-state index contributed by atoms with van der Waals surface area (Å²) < 4.78 is 1.77. The molecule has 3 aromatic rings. The van der Waals surface area contributed by atoms with Gasteiger partial charge in [-0.15, -0.1) is 0 Å². The molecule has 0 aliphatic carbocycles. The Labute approximate surface area is 127 Å². The van der Waals surface area contributed by atoms with Crippen molar-refractivity contribution in [1.29, 1.82) is 5.26 Å². The van der Waals surface area contributed by atoms with Crippen LogP contribution in [0.25, 0.3) is 5.65 Å². The molecule has 0 atom stereocenters. The van der Waals surface area contributed by atoms with Gasteiger partial charge >= 0.3 is 0 Å². The third-order valence-electron chi connectivity index (χ3n) is 3.53. The van der Waals surface area contributed by atoms with E-state index in [1.54, 1.807) is 35.6 Å². The topological polar surface area (TPSA) is 70.2 Å². The Morgan fingerprint density at radius 1 is 1.23 bits per heavy atom. The lowest BCUT2D eigenvalue weighted by atomic mass is 10.2. The van der Waals surface area contributed by atoms with Crippen LogP contribution in [0, 0.1) is 25.2 Å². The number of aromatic nitrogens is 2. The van der Waals surface area contributed by atoms with E-state index < -0.39 is 0 Å². The Kier molecular flexibility index (Phi) is 3.36. The molecular weight excluding hydrogens is 276 g/mol. The number of benzene rings is 1. The summed E-state index contributed by atoms with van der Waals surface area (Å²) >= 11 is 0. The molecule has 1 aromatic carbocycles. The van der Waals surface area contributed by atoms with Crippen LogP contribution in [-0.4, -0.2) is 15.3 Å². The van der Waals surface area contributed by atoms with E-state index in [0.717, 1.165) is 11.2 Å². The molecule has 1 amide bonds. The van der Waals surface area contributed by atoms with E-state index in [1.165, 1.54) is 0 Å². The van der Waals surface area contributed by atoms with Crippen molar-refractivity contribution >= 4 is 17.2 Å². The molecule has 5 nitrogen and oxygen atoms in total. The highest BCUT2D eigenvalue weighted by Gasteiger charge is 2.18. The van der Waals surface area contributed by atoms with Crippen molar-refractivity contribution in [3.05, 3.63) is 65.1 Å². The number of imidazole rings is 1. The number of nitrogens with zero attached hydrogens (tertiary/aromatic N) is 3. The van der Waals surface area contributed by atoms with Crippen molar-refractivity contribution in [2.75, 3.05) is 5.32 Å². The number of rotatable bonds is 2. The largest absolute Gasteiger partial charge is 0.319 e. The lowest BCUT2D eigenvalue weighted by Gasteiger charge is -2.07. The second kappa shape index (κ2) is 5.34. The number of carbonyl (C=O) groups excluding carboxylic acids is 1. The highest BCUT2D eigenvalue weighted by molar-refractivity contribution is 6.05. The average molecular weight is 290 g/mol. The van der Waals surface area contributed by atoms with Gasteiger partial charge in [0.2, 0.25) is 0 Å². The van der Waals surface area contributed by atoms with Gasteiger partial charge in [0, 0.05) is 6.20 Å². The number of hydrogen-bond donors (Lipinski definition) is 1. The van der Waals surface area contributed by atoms with Gasteiger partial charge in [-0.05, 0) is 37.6 Å². The first-order valence-corrected chi connectivity index (χ1v) is 6.86. The van der Waals surface area contributed by atoms with Gasteiger partial charge < -0.3 is 5.32 Å². The average Bonchev–Trinajstić information content (AvgIpc) is 2.85. The summed E-state index contributed by atoms with van der Waals surface area (Å²) in [6.45, 7) is 3.76. The second-order valence-corrected chi connectivity index (χ2v) is 5.04. The predicted molar refractivity (Wildman–Crippen MR) is 83.8 cm³/mol. The highest BCUT2D eigenvalue weighted by atomic mass is 16.2. The molecule has 0 aliphatic rings. The summed E-state index contributed by atoms with van der Waals surface area (Å²) in [6, 6.07) is 12.8. The number of fused-ring (bicyclic) bond motifs is 1. The van der Waals surface area contributed by atoms with Gasteiger partial charge in [-0.3, -0.25) is 9.20 Å². The molecule has 2 heterocycles. The quantitative estimate of drug-likeness (QED) is 0.788. The van der Waals surface area contributed by atoms with E-state index >= 15 is 0 Å². The number of para-hydroxylation sites is 1. The van der Waals surface area contributed by atoms with Gasteiger partial charge in [-0.25, -0.2) is 4.98 Å². The molecular formula is C17H14N4O. The van der Waals surface area contributed by atoms with E-state index in [2.05, 4.69) is 16.4 Å². The summed E-state index contributed by atoms with van der Waals surface area (Å²) in [7, 11) is 0. The van der Waals surface area contributed by atoms with Crippen molar-refractivity contribution in [1.82, 2.24) is 9.38 Å². The molecule has 0 bridgehead atoms. The van der Waals surface area contributed by atoms with Crippen LogP contribution in [0.4, 0.5) is 5.69 Å². The van der Waals surface area contributed by atoms with Crippen LogP contribution < -0.4 is 5.32 Å². The molecule has 2 aromatic heterocycles. The third-order valence-corrected chi connectivity index (χ3v) is 3.53. The zero-order valence-electron chi connectivity index (χ0n) is 12.3. The van der Waals surface area contributed by atoms with Crippen LogP contribution in [0.5, 0.6) is 0 Å². The predicted octanol–water partition coefficient (Wildman–Crippen LogP) is 3.08. The number of aryl methyl sites for hydroxylation is 2. The number of carbonyl (C=O) groups is 1. The van der Waals surface area contributed by atoms with Crippen molar-refractivity contribution in [3.8, 4) is 6.07 Å². The Morgan fingerprint density at radius 3 is 2.77 bits per heavy atom. The highest BCUT2D eigenvalue weighted by Crippen LogP contribution is 2.19. The normalized spacial score (nSPS) is 10.4. The van der Waals surface area contributed by atoms with Crippen LogP contribution in [0.1, 0.15) is 27.3 Å². The first-order chi connectivity index (χ1) is 10.6. The Bertz CT molecular complexity index is 918. The minimum atomic E-state index is -0.279. The molecule has 1 N–H and O–H groups in total. The number of hydrogen-bond acceptors (Lipinski definition) is 3. The van der Waals surface area contributed by atoms with E-state index in [1.807, 2.05) is 25.3 Å². The van der Waals surface area contributed by atoms with Gasteiger partial charge in [0.1, 0.15) is 17.4 Å². The third kappa shape index (κ3) is 2.21. The first kappa shape index (κ1) is 13.8. The van der Waals surface area contributed by atoms with Crippen molar-refractivity contribution < 1.29 is 4.79 Å². The molecule has 0 fully saturated rings. The van der Waals surface area contributed by atoms with E-state index in [-0.39, 0.29) is 5.91 Å². The van der Waals surface area contributed by atoms with E-state index in [0.29, 0.717) is 22.6 Å². The molecule has 0 radical (unpaired) electrons. The fourth-order valence-electron chi connectivity index (χ4n) is 2.46. The number of nitriles is 1.